The molecule has 5 nitrogen and oxygen atoms in total. The van der Waals surface area contributed by atoms with Crippen LogP contribution in [0.5, 0.6) is 0 Å². The second-order valence-corrected chi connectivity index (χ2v) is 9.41. The molecular formula is C13H21BrN2O3S2. The molecule has 1 fully saturated rings. The number of thiophene rings is 1. The molecule has 0 aromatic carbocycles. The van der Waals surface area contributed by atoms with Gasteiger partial charge in [0.05, 0.1) is 9.89 Å². The van der Waals surface area contributed by atoms with Gasteiger partial charge in [0, 0.05) is 31.1 Å². The topological polar surface area (TPSA) is 72.6 Å². The van der Waals surface area contributed by atoms with Crippen molar-refractivity contribution in [2.75, 3.05) is 19.7 Å². The van der Waals surface area contributed by atoms with E-state index in [-0.39, 0.29) is 6.10 Å². The van der Waals surface area contributed by atoms with Crippen molar-refractivity contribution >= 4 is 37.3 Å². The second-order valence-electron chi connectivity index (χ2n) is 5.05. The molecule has 2 heterocycles. The van der Waals surface area contributed by atoms with Crippen molar-refractivity contribution in [3.8, 4) is 0 Å². The molecule has 1 aliphatic rings. The van der Waals surface area contributed by atoms with E-state index in [0.29, 0.717) is 34.9 Å². The van der Waals surface area contributed by atoms with Gasteiger partial charge >= 0.3 is 0 Å². The minimum absolute atomic E-state index is 0.000125. The molecule has 0 aliphatic carbocycles. The van der Waals surface area contributed by atoms with E-state index in [1.807, 2.05) is 6.92 Å². The molecule has 1 aliphatic heterocycles. The summed E-state index contributed by atoms with van der Waals surface area (Å²) < 4.78 is 33.4. The third kappa shape index (κ3) is 4.05. The Hall–Kier alpha value is 0.01000. The zero-order valence-electron chi connectivity index (χ0n) is 12.0. The first-order valence-corrected chi connectivity index (χ1v) is 10.1. The molecule has 1 unspecified atom stereocenters. The monoisotopic (exact) mass is 396 g/mol. The third-order valence-corrected chi connectivity index (χ3v) is 7.56. The fraction of sp³-hybridized carbons (Fsp3) is 0.692. The van der Waals surface area contributed by atoms with E-state index < -0.39 is 10.0 Å². The van der Waals surface area contributed by atoms with E-state index in [1.165, 1.54) is 15.6 Å². The van der Waals surface area contributed by atoms with E-state index in [4.69, 9.17) is 10.5 Å². The van der Waals surface area contributed by atoms with Gasteiger partial charge in [0.15, 0.2) is 0 Å². The molecular weight excluding hydrogens is 376 g/mol. The number of nitrogens with two attached hydrogens (primary N) is 1. The van der Waals surface area contributed by atoms with Crippen LogP contribution in [-0.4, -0.2) is 38.5 Å². The largest absolute Gasteiger partial charge is 0.377 e. The summed E-state index contributed by atoms with van der Waals surface area (Å²) in [5.74, 6) is 0. The smallest absolute Gasteiger partial charge is 0.245 e. The quantitative estimate of drug-likeness (QED) is 0.801. The summed E-state index contributed by atoms with van der Waals surface area (Å²) in [4.78, 5) is 1.18. The summed E-state index contributed by atoms with van der Waals surface area (Å²) in [5, 5.41) is 0. The SMILES string of the molecule is CCCOC1CCCN(S(=O)(=O)c2cc(CN)sc2Br)C1. The van der Waals surface area contributed by atoms with Crippen LogP contribution in [0.1, 0.15) is 31.1 Å². The van der Waals surface area contributed by atoms with E-state index in [0.717, 1.165) is 24.1 Å². The Morgan fingerprint density at radius 2 is 2.33 bits per heavy atom. The van der Waals surface area contributed by atoms with Crippen molar-refractivity contribution in [2.24, 2.45) is 5.73 Å². The molecule has 2 N–H and O–H groups in total. The summed E-state index contributed by atoms with van der Waals surface area (Å²) in [6.45, 7) is 4.06. The van der Waals surface area contributed by atoms with Crippen LogP contribution < -0.4 is 5.73 Å². The van der Waals surface area contributed by atoms with Gasteiger partial charge in [-0.05, 0) is 41.3 Å². The molecule has 0 bridgehead atoms. The minimum Gasteiger partial charge on any atom is -0.377 e. The van der Waals surface area contributed by atoms with Crippen LogP contribution in [0, 0.1) is 0 Å². The maximum absolute atomic E-state index is 12.8. The standard InChI is InChI=1S/C13H21BrN2O3S2/c1-2-6-19-10-4-3-5-16(9-10)21(17,18)12-7-11(8-15)20-13(12)14/h7,10H,2-6,8-9,15H2,1H3. The first kappa shape index (κ1) is 17.4. The summed E-state index contributed by atoms with van der Waals surface area (Å²) in [6, 6.07) is 1.67. The Labute approximate surface area is 138 Å². The van der Waals surface area contributed by atoms with Gasteiger partial charge < -0.3 is 10.5 Å². The number of piperidine rings is 1. The Morgan fingerprint density at radius 3 is 2.95 bits per heavy atom. The van der Waals surface area contributed by atoms with Crippen LogP contribution in [0.25, 0.3) is 0 Å². The van der Waals surface area contributed by atoms with Gasteiger partial charge in [0.2, 0.25) is 10.0 Å². The molecule has 0 radical (unpaired) electrons. The molecule has 21 heavy (non-hydrogen) atoms. The van der Waals surface area contributed by atoms with E-state index >= 15 is 0 Å². The lowest BCUT2D eigenvalue weighted by Crippen LogP contribution is -2.43. The van der Waals surface area contributed by atoms with Crippen LogP contribution in [0.4, 0.5) is 0 Å². The van der Waals surface area contributed by atoms with Crippen molar-refractivity contribution in [1.82, 2.24) is 4.31 Å². The van der Waals surface area contributed by atoms with Gasteiger partial charge in [0.1, 0.15) is 4.90 Å². The summed E-state index contributed by atoms with van der Waals surface area (Å²) in [7, 11) is -3.48. The molecule has 120 valence electrons. The molecule has 8 heteroatoms. The minimum atomic E-state index is -3.48. The number of halogens is 1. The normalized spacial score (nSPS) is 20.8. The average molecular weight is 397 g/mol. The Morgan fingerprint density at radius 1 is 1.57 bits per heavy atom. The lowest BCUT2D eigenvalue weighted by atomic mass is 10.1. The molecule has 2 rings (SSSR count). The zero-order chi connectivity index (χ0) is 15.5. The lowest BCUT2D eigenvalue weighted by Gasteiger charge is -2.31. The third-order valence-electron chi connectivity index (χ3n) is 3.42. The van der Waals surface area contributed by atoms with Crippen LogP contribution in [0.2, 0.25) is 0 Å². The molecule has 0 saturated carbocycles. The van der Waals surface area contributed by atoms with Crippen LogP contribution in [-0.2, 0) is 21.3 Å². The summed E-state index contributed by atoms with van der Waals surface area (Å²) in [5.41, 5.74) is 5.59. The first-order chi connectivity index (χ1) is 9.98. The van der Waals surface area contributed by atoms with E-state index in [9.17, 15) is 8.42 Å². The van der Waals surface area contributed by atoms with Crippen molar-refractivity contribution < 1.29 is 13.2 Å². The van der Waals surface area contributed by atoms with Crippen molar-refractivity contribution in [3.05, 3.63) is 14.7 Å². The van der Waals surface area contributed by atoms with Gasteiger partial charge in [-0.1, -0.05) is 6.92 Å². The fourth-order valence-electron chi connectivity index (χ4n) is 2.36. The van der Waals surface area contributed by atoms with Crippen molar-refractivity contribution in [1.29, 1.82) is 0 Å². The van der Waals surface area contributed by atoms with Crippen LogP contribution in [0.15, 0.2) is 14.7 Å². The summed E-state index contributed by atoms with van der Waals surface area (Å²) in [6.07, 6.45) is 2.70. The maximum atomic E-state index is 12.8. The average Bonchev–Trinajstić information content (AvgIpc) is 2.87. The molecule has 1 aromatic heterocycles. The predicted molar refractivity (Wildman–Crippen MR) is 87.9 cm³/mol. The molecule has 1 atom stereocenters. The highest BCUT2D eigenvalue weighted by Gasteiger charge is 2.32. The fourth-order valence-corrected chi connectivity index (χ4v) is 6.38. The molecule has 0 spiro atoms. The van der Waals surface area contributed by atoms with Gasteiger partial charge in [-0.15, -0.1) is 11.3 Å². The number of ether oxygens (including phenoxy) is 1. The second kappa shape index (κ2) is 7.52. The number of sulfonamides is 1. The van der Waals surface area contributed by atoms with Crippen molar-refractivity contribution in [2.45, 2.75) is 43.7 Å². The highest BCUT2D eigenvalue weighted by Crippen LogP contribution is 2.34. The van der Waals surface area contributed by atoms with Gasteiger partial charge in [0.25, 0.3) is 0 Å². The molecule has 1 aromatic rings. The number of hydrogen-bond donors (Lipinski definition) is 1. The van der Waals surface area contributed by atoms with Gasteiger partial charge in [-0.3, -0.25) is 0 Å². The first-order valence-electron chi connectivity index (χ1n) is 7.09. The van der Waals surface area contributed by atoms with E-state index in [2.05, 4.69) is 15.9 Å². The van der Waals surface area contributed by atoms with Gasteiger partial charge in [-0.25, -0.2) is 8.42 Å². The van der Waals surface area contributed by atoms with Crippen LogP contribution >= 0.6 is 27.3 Å². The molecule has 0 amide bonds. The van der Waals surface area contributed by atoms with Crippen LogP contribution in [0.3, 0.4) is 0 Å². The number of hydrogen-bond acceptors (Lipinski definition) is 5. The van der Waals surface area contributed by atoms with E-state index in [1.54, 1.807) is 6.07 Å². The Kier molecular flexibility index (Phi) is 6.22. The number of nitrogens with zero attached hydrogens (tertiary/aromatic N) is 1. The Balaban J connectivity index is 2.16. The van der Waals surface area contributed by atoms with Crippen molar-refractivity contribution in [3.63, 3.8) is 0 Å². The highest BCUT2D eigenvalue weighted by atomic mass is 79.9. The highest BCUT2D eigenvalue weighted by molar-refractivity contribution is 9.11. The number of rotatable bonds is 6. The summed E-state index contributed by atoms with van der Waals surface area (Å²) >= 11 is 4.72. The lowest BCUT2D eigenvalue weighted by molar-refractivity contribution is 0.0193. The molecule has 1 saturated heterocycles. The maximum Gasteiger partial charge on any atom is 0.245 e. The predicted octanol–water partition coefficient (Wildman–Crippen LogP) is 2.55. The zero-order valence-corrected chi connectivity index (χ0v) is 15.3. The van der Waals surface area contributed by atoms with Gasteiger partial charge in [-0.2, -0.15) is 4.31 Å². The Bertz CT molecular complexity index is 574.